The van der Waals surface area contributed by atoms with E-state index in [1.807, 2.05) is 39.9 Å². The van der Waals surface area contributed by atoms with Gasteiger partial charge in [0.25, 0.3) is 0 Å². The fourth-order valence-corrected chi connectivity index (χ4v) is 0.750. The van der Waals surface area contributed by atoms with Crippen LogP contribution in [-0.4, -0.2) is 33.9 Å². The van der Waals surface area contributed by atoms with Crippen molar-refractivity contribution in [3.05, 3.63) is 30.3 Å². The summed E-state index contributed by atoms with van der Waals surface area (Å²) >= 11 is 1.90. The van der Waals surface area contributed by atoms with Gasteiger partial charge in [-0.1, -0.05) is 18.2 Å². The largest absolute Gasteiger partial charge is 1.47 e. The summed E-state index contributed by atoms with van der Waals surface area (Å²) in [5, 5.41) is 7.00. The van der Waals surface area contributed by atoms with Gasteiger partial charge in [-0.2, -0.15) is 0 Å². The standard InChI is InChI=1S/C6H5.CH4O.HI.Mg/c1-2-4-6-5-3-1;1-2;;/h1-5H;2H,1H3;1H;/q;;;+2. The Bertz CT molecular complexity index is 144. The first-order valence-corrected chi connectivity index (χ1v) is 3.42. The maximum atomic E-state index is 7.00. The molecule has 0 amide bonds. The summed E-state index contributed by atoms with van der Waals surface area (Å²) in [6.45, 7) is 0. The Hall–Kier alpha value is 0.676. The van der Waals surface area contributed by atoms with Gasteiger partial charge >= 0.3 is 25.4 Å². The van der Waals surface area contributed by atoms with Crippen molar-refractivity contribution in [1.29, 1.82) is 0 Å². The summed E-state index contributed by atoms with van der Waals surface area (Å²) in [7, 11) is 1.00. The summed E-state index contributed by atoms with van der Waals surface area (Å²) in [5.41, 5.74) is 0. The fraction of sp³-hybridized carbons (Fsp3) is 0.143. The number of hydrogen-bond acceptors (Lipinski definition) is 1. The van der Waals surface area contributed by atoms with Crippen LogP contribution in [0.1, 0.15) is 0 Å². The molecular weight excluding hydrogens is 251 g/mol. The van der Waals surface area contributed by atoms with Crippen molar-refractivity contribution in [1.82, 2.24) is 0 Å². The van der Waals surface area contributed by atoms with Crippen molar-refractivity contribution >= 4 is 49.4 Å². The zero-order valence-electron chi connectivity index (χ0n) is 5.95. The molecule has 0 aromatic heterocycles. The Kier molecular flexibility index (Phi) is 12.8. The first-order valence-electron chi connectivity index (χ1n) is 2.71. The molecule has 10 heavy (non-hydrogen) atoms. The Morgan fingerprint density at radius 3 is 1.70 bits per heavy atom. The van der Waals surface area contributed by atoms with Gasteiger partial charge in [0.15, 0.2) is 0 Å². The minimum atomic E-state index is 0. The molecule has 1 rings (SSSR count). The fourth-order valence-electron chi connectivity index (χ4n) is 0.478. The molecule has 1 nitrogen and oxygen atoms in total. The Balaban J connectivity index is 0. The molecule has 0 fully saturated rings. The Morgan fingerprint density at radius 2 is 1.50 bits per heavy atom. The summed E-state index contributed by atoms with van der Waals surface area (Å²) < 4.78 is 1.35. The third-order valence-corrected chi connectivity index (χ3v) is 1.31. The first kappa shape index (κ1) is 13.3. The van der Waals surface area contributed by atoms with Gasteiger partial charge in [-0.3, -0.25) is 0 Å². The van der Waals surface area contributed by atoms with Crippen molar-refractivity contribution in [2.24, 2.45) is 0 Å². The molecule has 1 aromatic rings. The van der Waals surface area contributed by atoms with Crippen molar-refractivity contribution in [3.63, 3.8) is 0 Å². The number of benzene rings is 1. The number of halogens is 1. The maximum absolute atomic E-state index is 7.00. The monoisotopic (exact) mass is 261 g/mol. The molecule has 7 radical (unpaired) electrons. The molecule has 0 aliphatic heterocycles. The molecule has 0 saturated carbocycles. The minimum Gasteiger partial charge on any atom is -0.400 e. The van der Waals surface area contributed by atoms with Crippen molar-refractivity contribution in [2.75, 3.05) is 7.11 Å². The third kappa shape index (κ3) is 6.79. The highest BCUT2D eigenvalue weighted by Gasteiger charge is 2.28. The van der Waals surface area contributed by atoms with Crippen LogP contribution in [-0.2, 0) is 0 Å². The smallest absolute Gasteiger partial charge is 0.400 e. The van der Waals surface area contributed by atoms with Crippen LogP contribution in [0.25, 0.3) is 0 Å². The second-order valence-corrected chi connectivity index (χ2v) is 2.30. The molecule has 0 spiro atoms. The van der Waals surface area contributed by atoms with E-state index in [-0.39, 0.29) is 24.0 Å². The Morgan fingerprint density at radius 1 is 1.10 bits per heavy atom. The van der Waals surface area contributed by atoms with E-state index in [0.717, 1.165) is 7.11 Å². The van der Waals surface area contributed by atoms with Crippen LogP contribution in [0.4, 0.5) is 0 Å². The Labute approximate surface area is 91.3 Å². The van der Waals surface area contributed by atoms with Gasteiger partial charge in [0, 0.05) is 19.2 Å². The third-order valence-electron chi connectivity index (χ3n) is 0.843. The molecular formula is C7H10IMgO+2. The van der Waals surface area contributed by atoms with Crippen LogP contribution in [0, 0.1) is 0 Å². The van der Waals surface area contributed by atoms with Gasteiger partial charge < -0.3 is 5.11 Å². The zero-order chi connectivity index (χ0) is 7.11. The molecule has 0 unspecified atom stereocenters. The number of hydrogen-bond donors (Lipinski definition) is 1. The SMILES string of the molecule is CO.I.[Mg+2][c]1ccccc1. The van der Waals surface area contributed by atoms with Gasteiger partial charge in [0.2, 0.25) is 0 Å². The van der Waals surface area contributed by atoms with Crippen LogP contribution in [0.3, 0.4) is 0 Å². The second kappa shape index (κ2) is 9.68. The molecule has 0 aliphatic rings. The van der Waals surface area contributed by atoms with Gasteiger partial charge in [-0.05, 0) is 0 Å². The van der Waals surface area contributed by atoms with Crippen LogP contribution in [0.5, 0.6) is 0 Å². The quantitative estimate of drug-likeness (QED) is 0.539. The normalized spacial score (nSPS) is 6.70. The molecule has 0 atom stereocenters. The van der Waals surface area contributed by atoms with Crippen LogP contribution in [0.2, 0.25) is 0 Å². The molecule has 0 aliphatic carbocycles. The van der Waals surface area contributed by atoms with E-state index >= 15 is 0 Å². The van der Waals surface area contributed by atoms with E-state index in [1.54, 1.807) is 0 Å². The van der Waals surface area contributed by atoms with Crippen molar-refractivity contribution in [2.45, 2.75) is 0 Å². The molecule has 51 valence electrons. The molecule has 3 heteroatoms. The summed E-state index contributed by atoms with van der Waals surface area (Å²) in [6.07, 6.45) is 0. The average Bonchev–Trinajstić information content (AvgIpc) is 1.94. The first-order chi connectivity index (χ1) is 4.39. The minimum absolute atomic E-state index is 0. The highest BCUT2D eigenvalue weighted by molar-refractivity contribution is 14.0. The summed E-state index contributed by atoms with van der Waals surface area (Å²) in [5.74, 6) is 0. The lowest BCUT2D eigenvalue weighted by Gasteiger charge is -1.65. The van der Waals surface area contributed by atoms with Crippen LogP contribution in [0.15, 0.2) is 30.3 Å². The maximum Gasteiger partial charge on any atom is 1.47 e. The van der Waals surface area contributed by atoms with Gasteiger partial charge in [0.1, 0.15) is 0 Å². The van der Waals surface area contributed by atoms with E-state index < -0.39 is 0 Å². The van der Waals surface area contributed by atoms with Crippen LogP contribution >= 0.6 is 24.0 Å². The number of rotatable bonds is 0. The van der Waals surface area contributed by atoms with E-state index in [4.69, 9.17) is 5.11 Å². The summed E-state index contributed by atoms with van der Waals surface area (Å²) in [4.78, 5) is 0. The highest BCUT2D eigenvalue weighted by Crippen LogP contribution is 1.76. The van der Waals surface area contributed by atoms with E-state index in [2.05, 4.69) is 12.1 Å². The molecule has 1 aromatic carbocycles. The number of aliphatic hydroxyl groups excluding tert-OH is 1. The predicted molar refractivity (Wildman–Crippen MR) is 55.4 cm³/mol. The highest BCUT2D eigenvalue weighted by atomic mass is 127. The van der Waals surface area contributed by atoms with Gasteiger partial charge in [-0.15, -0.1) is 24.0 Å². The van der Waals surface area contributed by atoms with Gasteiger partial charge in [-0.25, -0.2) is 0 Å². The lowest BCUT2D eigenvalue weighted by atomic mass is 10.4. The van der Waals surface area contributed by atoms with Crippen LogP contribution < -0.4 is 3.69 Å². The van der Waals surface area contributed by atoms with Crippen molar-refractivity contribution in [3.8, 4) is 0 Å². The second-order valence-electron chi connectivity index (χ2n) is 1.49. The lowest BCUT2D eigenvalue weighted by Crippen LogP contribution is -1.97. The van der Waals surface area contributed by atoms with Crippen molar-refractivity contribution < 1.29 is 5.11 Å². The zero-order valence-corrected chi connectivity index (χ0v) is 9.69. The van der Waals surface area contributed by atoms with E-state index in [1.165, 1.54) is 3.69 Å². The summed E-state index contributed by atoms with van der Waals surface area (Å²) in [6, 6.07) is 10.3. The number of aliphatic hydroxyl groups is 1. The topological polar surface area (TPSA) is 20.2 Å². The molecule has 0 heterocycles. The lowest BCUT2D eigenvalue weighted by molar-refractivity contribution is 0.399. The van der Waals surface area contributed by atoms with Gasteiger partial charge in [0.05, 0.1) is 0 Å². The average molecular weight is 261 g/mol. The molecule has 0 saturated heterocycles. The van der Waals surface area contributed by atoms with E-state index in [9.17, 15) is 0 Å². The van der Waals surface area contributed by atoms with E-state index in [0.29, 0.717) is 0 Å². The molecule has 1 N–H and O–H groups in total. The predicted octanol–water partition coefficient (Wildman–Crippen LogP) is 0.707. The molecule has 0 bridgehead atoms.